The number of hydrogen-bond acceptors (Lipinski definition) is 3. The molecular formula is C14H21BrN2O2. The van der Waals surface area contributed by atoms with Crippen molar-refractivity contribution in [3.63, 3.8) is 0 Å². The van der Waals surface area contributed by atoms with E-state index in [0.29, 0.717) is 19.6 Å². The van der Waals surface area contributed by atoms with Gasteiger partial charge >= 0.3 is 0 Å². The van der Waals surface area contributed by atoms with Crippen LogP contribution in [0.1, 0.15) is 19.8 Å². The van der Waals surface area contributed by atoms with Crippen LogP contribution in [0.3, 0.4) is 0 Å². The predicted octanol–water partition coefficient (Wildman–Crippen LogP) is 2.41. The number of hydrogen-bond donors (Lipinski definition) is 1. The molecule has 1 unspecified atom stereocenters. The second kappa shape index (κ2) is 8.17. The van der Waals surface area contributed by atoms with E-state index in [9.17, 15) is 4.79 Å². The number of ether oxygens (including phenoxy) is 1. The van der Waals surface area contributed by atoms with E-state index in [1.807, 2.05) is 31.2 Å². The summed E-state index contributed by atoms with van der Waals surface area (Å²) in [5.41, 5.74) is 5.76. The average Bonchev–Trinajstić information content (AvgIpc) is 2.40. The Labute approximate surface area is 123 Å². The molecule has 0 bridgehead atoms. The minimum absolute atomic E-state index is 0.0534. The predicted molar refractivity (Wildman–Crippen MR) is 80.2 cm³/mol. The van der Waals surface area contributed by atoms with Crippen LogP contribution in [0.25, 0.3) is 0 Å². The number of halogens is 1. The second-order valence-electron chi connectivity index (χ2n) is 4.49. The molecule has 0 saturated heterocycles. The molecule has 0 fully saturated rings. The van der Waals surface area contributed by atoms with Crippen molar-refractivity contribution in [2.45, 2.75) is 25.8 Å². The maximum Gasteiger partial charge on any atom is 0.223 e. The lowest BCUT2D eigenvalue weighted by atomic mass is 10.1. The molecule has 0 radical (unpaired) electrons. The van der Waals surface area contributed by atoms with Crippen LogP contribution in [0.15, 0.2) is 28.7 Å². The van der Waals surface area contributed by atoms with E-state index < -0.39 is 0 Å². The first kappa shape index (κ1) is 16.0. The van der Waals surface area contributed by atoms with Crippen LogP contribution in [0.5, 0.6) is 5.75 Å². The Bertz CT molecular complexity index is 395. The molecule has 4 nitrogen and oxygen atoms in total. The van der Waals surface area contributed by atoms with Crippen molar-refractivity contribution in [1.29, 1.82) is 0 Å². The molecule has 0 aliphatic heterocycles. The molecule has 0 aliphatic carbocycles. The van der Waals surface area contributed by atoms with E-state index in [2.05, 4.69) is 15.9 Å². The summed E-state index contributed by atoms with van der Waals surface area (Å²) in [6.07, 6.45) is 1.21. The van der Waals surface area contributed by atoms with Crippen LogP contribution in [-0.2, 0) is 4.79 Å². The molecule has 0 aliphatic rings. The molecule has 0 spiro atoms. The van der Waals surface area contributed by atoms with Crippen LogP contribution in [0.4, 0.5) is 0 Å². The maximum absolute atomic E-state index is 11.8. The molecule has 19 heavy (non-hydrogen) atoms. The molecule has 1 amide bonds. The van der Waals surface area contributed by atoms with E-state index in [1.165, 1.54) is 0 Å². The van der Waals surface area contributed by atoms with Gasteiger partial charge in [0.1, 0.15) is 12.4 Å². The average molecular weight is 329 g/mol. The fourth-order valence-electron chi connectivity index (χ4n) is 1.48. The fraction of sp³-hybridized carbons (Fsp3) is 0.500. The van der Waals surface area contributed by atoms with E-state index >= 15 is 0 Å². The Hall–Kier alpha value is -1.07. The van der Waals surface area contributed by atoms with Gasteiger partial charge in [0.2, 0.25) is 5.91 Å². The number of nitrogens with zero attached hydrogens (tertiary/aromatic N) is 1. The SMILES string of the molecule is CCC(N)CC(=O)N(C)CCOc1ccc(Br)cc1. The van der Waals surface area contributed by atoms with Crippen LogP contribution in [-0.4, -0.2) is 37.0 Å². The van der Waals surface area contributed by atoms with E-state index in [0.717, 1.165) is 16.6 Å². The van der Waals surface area contributed by atoms with E-state index in [1.54, 1.807) is 11.9 Å². The second-order valence-corrected chi connectivity index (χ2v) is 5.41. The van der Waals surface area contributed by atoms with Crippen LogP contribution in [0.2, 0.25) is 0 Å². The van der Waals surface area contributed by atoms with Crippen LogP contribution >= 0.6 is 15.9 Å². The van der Waals surface area contributed by atoms with E-state index in [-0.39, 0.29) is 11.9 Å². The van der Waals surface area contributed by atoms with E-state index in [4.69, 9.17) is 10.5 Å². The zero-order valence-electron chi connectivity index (χ0n) is 11.4. The molecule has 2 N–H and O–H groups in total. The molecule has 0 saturated carbocycles. The molecule has 1 aromatic rings. The number of carbonyl (C=O) groups excluding carboxylic acids is 1. The smallest absolute Gasteiger partial charge is 0.223 e. The highest BCUT2D eigenvalue weighted by molar-refractivity contribution is 9.10. The van der Waals surface area contributed by atoms with Gasteiger partial charge in [-0.05, 0) is 30.7 Å². The van der Waals surface area contributed by atoms with Gasteiger partial charge < -0.3 is 15.4 Å². The van der Waals surface area contributed by atoms with Crippen molar-refractivity contribution < 1.29 is 9.53 Å². The van der Waals surface area contributed by atoms with Gasteiger partial charge in [0.05, 0.1) is 6.54 Å². The molecular weight excluding hydrogens is 308 g/mol. The highest BCUT2D eigenvalue weighted by atomic mass is 79.9. The molecule has 0 heterocycles. The quantitative estimate of drug-likeness (QED) is 0.836. The first-order valence-corrected chi connectivity index (χ1v) is 7.20. The Morgan fingerprint density at radius 2 is 2.05 bits per heavy atom. The van der Waals surface area contributed by atoms with Gasteiger partial charge in [0, 0.05) is 24.0 Å². The lowest BCUT2D eigenvalue weighted by Crippen LogP contribution is -2.35. The van der Waals surface area contributed by atoms with Gasteiger partial charge in [-0.1, -0.05) is 22.9 Å². The van der Waals surface area contributed by atoms with Gasteiger partial charge in [0.25, 0.3) is 0 Å². The Balaban J connectivity index is 2.28. The number of carbonyl (C=O) groups is 1. The maximum atomic E-state index is 11.8. The molecule has 1 aromatic carbocycles. The zero-order valence-corrected chi connectivity index (χ0v) is 13.0. The third-order valence-electron chi connectivity index (χ3n) is 2.90. The van der Waals surface area contributed by atoms with Gasteiger partial charge in [-0.25, -0.2) is 0 Å². The molecule has 1 rings (SSSR count). The summed E-state index contributed by atoms with van der Waals surface area (Å²) in [7, 11) is 1.77. The van der Waals surface area contributed by atoms with Crippen molar-refractivity contribution in [2.75, 3.05) is 20.2 Å². The van der Waals surface area contributed by atoms with Gasteiger partial charge in [-0.2, -0.15) is 0 Å². The molecule has 5 heteroatoms. The summed E-state index contributed by atoms with van der Waals surface area (Å²) >= 11 is 3.37. The number of amides is 1. The number of nitrogens with two attached hydrogens (primary N) is 1. The summed E-state index contributed by atoms with van der Waals surface area (Å²) in [4.78, 5) is 13.4. The lowest BCUT2D eigenvalue weighted by Gasteiger charge is -2.19. The first-order chi connectivity index (χ1) is 9.02. The van der Waals surface area contributed by atoms with Crippen molar-refractivity contribution in [3.05, 3.63) is 28.7 Å². The number of benzene rings is 1. The van der Waals surface area contributed by atoms with Gasteiger partial charge in [-0.3, -0.25) is 4.79 Å². The van der Waals surface area contributed by atoms with Gasteiger partial charge in [0.15, 0.2) is 0 Å². The van der Waals surface area contributed by atoms with Crippen molar-refractivity contribution in [2.24, 2.45) is 5.73 Å². The summed E-state index contributed by atoms with van der Waals surface area (Å²) in [6, 6.07) is 7.56. The summed E-state index contributed by atoms with van der Waals surface area (Å²) < 4.78 is 6.58. The number of rotatable bonds is 7. The minimum Gasteiger partial charge on any atom is -0.492 e. The highest BCUT2D eigenvalue weighted by Crippen LogP contribution is 2.15. The molecule has 0 aromatic heterocycles. The third-order valence-corrected chi connectivity index (χ3v) is 3.42. The highest BCUT2D eigenvalue weighted by Gasteiger charge is 2.12. The fourth-order valence-corrected chi connectivity index (χ4v) is 1.74. The monoisotopic (exact) mass is 328 g/mol. The third kappa shape index (κ3) is 6.07. The topological polar surface area (TPSA) is 55.6 Å². The molecule has 1 atom stereocenters. The minimum atomic E-state index is -0.0534. The van der Waals surface area contributed by atoms with Crippen LogP contribution in [0, 0.1) is 0 Å². The van der Waals surface area contributed by atoms with Crippen molar-refractivity contribution in [3.8, 4) is 5.75 Å². The van der Waals surface area contributed by atoms with Gasteiger partial charge in [-0.15, -0.1) is 0 Å². The Kier molecular flexibility index (Phi) is 6.87. The largest absolute Gasteiger partial charge is 0.492 e. The Morgan fingerprint density at radius 1 is 1.42 bits per heavy atom. The zero-order chi connectivity index (χ0) is 14.3. The lowest BCUT2D eigenvalue weighted by molar-refractivity contribution is -0.130. The first-order valence-electron chi connectivity index (χ1n) is 6.40. The Morgan fingerprint density at radius 3 is 2.63 bits per heavy atom. The summed E-state index contributed by atoms with van der Waals surface area (Å²) in [5, 5.41) is 0. The summed E-state index contributed by atoms with van der Waals surface area (Å²) in [6.45, 7) is 3.02. The standard InChI is InChI=1S/C14H21BrN2O2/c1-3-12(16)10-14(18)17(2)8-9-19-13-6-4-11(15)5-7-13/h4-7,12H,3,8-10,16H2,1-2H3. The van der Waals surface area contributed by atoms with Crippen molar-refractivity contribution in [1.82, 2.24) is 4.90 Å². The summed E-state index contributed by atoms with van der Waals surface area (Å²) in [5.74, 6) is 0.864. The van der Waals surface area contributed by atoms with Crippen LogP contribution < -0.4 is 10.5 Å². The molecule has 106 valence electrons. The normalized spacial score (nSPS) is 12.0. The van der Waals surface area contributed by atoms with Crippen molar-refractivity contribution >= 4 is 21.8 Å². The number of likely N-dealkylation sites (N-methyl/N-ethyl adjacent to an activating group) is 1.